The number of hydrogen-bond acceptors (Lipinski definition) is 0. The van der Waals surface area contributed by atoms with Crippen molar-refractivity contribution in [2.24, 2.45) is 11.8 Å². The molecule has 1 fully saturated rings. The second-order valence-electron chi connectivity index (χ2n) is 3.17. The van der Waals surface area contributed by atoms with Crippen LogP contribution in [0.25, 0.3) is 0 Å². The van der Waals surface area contributed by atoms with Gasteiger partial charge in [-0.25, -0.2) is 0 Å². The fourth-order valence-electron chi connectivity index (χ4n) is 1.64. The molecule has 1 aliphatic carbocycles. The second kappa shape index (κ2) is 2.55. The summed E-state index contributed by atoms with van der Waals surface area (Å²) in [5.41, 5.74) is 1.67. The van der Waals surface area contributed by atoms with Crippen molar-refractivity contribution in [3.8, 4) is 0 Å². The minimum absolute atomic E-state index is 0.856. The van der Waals surface area contributed by atoms with Crippen LogP contribution in [-0.2, 0) is 0 Å². The van der Waals surface area contributed by atoms with Crippen LogP contribution >= 0.6 is 0 Å². The van der Waals surface area contributed by atoms with Crippen LogP contribution in [-0.4, -0.2) is 0 Å². The maximum absolute atomic E-state index is 2.35. The molecule has 1 saturated carbocycles. The van der Waals surface area contributed by atoms with Gasteiger partial charge in [0, 0.05) is 0 Å². The Hall–Kier alpha value is -0.260. The van der Waals surface area contributed by atoms with Gasteiger partial charge in [0.1, 0.15) is 0 Å². The van der Waals surface area contributed by atoms with Crippen molar-refractivity contribution < 1.29 is 0 Å². The van der Waals surface area contributed by atoms with Gasteiger partial charge >= 0.3 is 0 Å². The van der Waals surface area contributed by atoms with E-state index in [0.29, 0.717) is 0 Å². The molecule has 52 valence electrons. The van der Waals surface area contributed by atoms with E-state index in [4.69, 9.17) is 0 Å². The monoisotopic (exact) mass is 124 g/mol. The average molecular weight is 124 g/mol. The molecule has 2 atom stereocenters. The molecule has 0 N–H and O–H groups in total. The van der Waals surface area contributed by atoms with Crippen molar-refractivity contribution in [2.75, 3.05) is 0 Å². The highest BCUT2D eigenvalue weighted by Gasteiger charge is 2.22. The Morgan fingerprint density at radius 2 is 2.11 bits per heavy atom. The lowest BCUT2D eigenvalue weighted by Gasteiger charge is -2.08. The summed E-state index contributed by atoms with van der Waals surface area (Å²) in [6.45, 7) is 6.85. The van der Waals surface area contributed by atoms with Crippen molar-refractivity contribution in [3.05, 3.63) is 11.6 Å². The summed E-state index contributed by atoms with van der Waals surface area (Å²) in [7, 11) is 0. The summed E-state index contributed by atoms with van der Waals surface area (Å²) in [5, 5.41) is 0. The van der Waals surface area contributed by atoms with E-state index in [-0.39, 0.29) is 0 Å². The molecule has 1 unspecified atom stereocenters. The molecule has 0 heterocycles. The molecule has 0 amide bonds. The summed E-state index contributed by atoms with van der Waals surface area (Å²) in [4.78, 5) is 0. The molecule has 0 bridgehead atoms. The van der Waals surface area contributed by atoms with E-state index < -0.39 is 0 Å². The molecule has 1 rings (SSSR count). The van der Waals surface area contributed by atoms with Gasteiger partial charge in [0.25, 0.3) is 0 Å². The van der Waals surface area contributed by atoms with Crippen LogP contribution in [0.1, 0.15) is 33.6 Å². The van der Waals surface area contributed by atoms with Gasteiger partial charge in [-0.3, -0.25) is 0 Å². The summed E-state index contributed by atoms with van der Waals surface area (Å²) < 4.78 is 0. The van der Waals surface area contributed by atoms with Gasteiger partial charge in [-0.05, 0) is 31.6 Å². The third-order valence-electron chi connectivity index (χ3n) is 2.70. The molecule has 0 nitrogen and oxygen atoms in total. The third kappa shape index (κ3) is 1.17. The summed E-state index contributed by atoms with van der Waals surface area (Å²) >= 11 is 0. The minimum Gasteiger partial charge on any atom is -0.0882 e. The Kier molecular flexibility index (Phi) is 1.94. The summed E-state index contributed by atoms with van der Waals surface area (Å²) in [6, 6.07) is 0. The highest BCUT2D eigenvalue weighted by atomic mass is 14.3. The third-order valence-corrected chi connectivity index (χ3v) is 2.70. The van der Waals surface area contributed by atoms with E-state index in [0.717, 1.165) is 11.8 Å². The van der Waals surface area contributed by atoms with Gasteiger partial charge in [0.15, 0.2) is 0 Å². The zero-order valence-electron chi connectivity index (χ0n) is 6.65. The van der Waals surface area contributed by atoms with Gasteiger partial charge in [-0.15, -0.1) is 0 Å². The maximum atomic E-state index is 2.35. The van der Waals surface area contributed by atoms with Crippen molar-refractivity contribution >= 4 is 0 Å². The van der Waals surface area contributed by atoms with Crippen LogP contribution in [0.15, 0.2) is 11.6 Å². The van der Waals surface area contributed by atoms with Gasteiger partial charge in [-0.2, -0.15) is 0 Å². The Labute approximate surface area is 58.0 Å². The van der Waals surface area contributed by atoms with Crippen LogP contribution in [0, 0.1) is 11.8 Å². The summed E-state index contributed by atoms with van der Waals surface area (Å²) in [5.74, 6) is 1.78. The first-order valence-corrected chi connectivity index (χ1v) is 3.90. The van der Waals surface area contributed by atoms with Crippen LogP contribution in [0.3, 0.4) is 0 Å². The molecule has 0 aromatic carbocycles. The van der Waals surface area contributed by atoms with Gasteiger partial charge in [0.05, 0.1) is 0 Å². The van der Waals surface area contributed by atoms with Crippen molar-refractivity contribution in [1.29, 1.82) is 0 Å². The molecule has 9 heavy (non-hydrogen) atoms. The van der Waals surface area contributed by atoms with Gasteiger partial charge < -0.3 is 0 Å². The molecule has 0 spiro atoms. The lowest BCUT2D eigenvalue weighted by atomic mass is 9.97. The first-order valence-electron chi connectivity index (χ1n) is 3.90. The van der Waals surface area contributed by atoms with Crippen LogP contribution in [0.2, 0.25) is 0 Å². The van der Waals surface area contributed by atoms with Crippen molar-refractivity contribution in [2.45, 2.75) is 33.6 Å². The molecule has 0 saturated heterocycles. The second-order valence-corrected chi connectivity index (χ2v) is 3.17. The largest absolute Gasteiger partial charge is 0.0882 e. The molecule has 0 aromatic rings. The van der Waals surface area contributed by atoms with E-state index in [9.17, 15) is 0 Å². The first kappa shape index (κ1) is 6.85. The lowest BCUT2D eigenvalue weighted by molar-refractivity contribution is 0.493. The van der Waals surface area contributed by atoms with E-state index in [1.807, 2.05) is 0 Å². The normalized spacial score (nSPS) is 40.1. The number of hydrogen-bond donors (Lipinski definition) is 0. The first-order chi connectivity index (χ1) is 4.25. The van der Waals surface area contributed by atoms with E-state index >= 15 is 0 Å². The van der Waals surface area contributed by atoms with Gasteiger partial charge in [0.2, 0.25) is 0 Å². The fourth-order valence-corrected chi connectivity index (χ4v) is 1.64. The predicted molar refractivity (Wildman–Crippen MR) is 41.3 cm³/mol. The van der Waals surface area contributed by atoms with Crippen LogP contribution in [0.5, 0.6) is 0 Å². The number of allylic oxidation sites excluding steroid dienone is 2. The van der Waals surface area contributed by atoms with E-state index in [1.165, 1.54) is 12.8 Å². The van der Waals surface area contributed by atoms with Crippen molar-refractivity contribution in [1.82, 2.24) is 0 Å². The van der Waals surface area contributed by atoms with Crippen LogP contribution in [0.4, 0.5) is 0 Å². The smallest absolute Gasteiger partial charge is 0.0206 e. The molecule has 0 aromatic heterocycles. The minimum atomic E-state index is 0.856. The highest BCUT2D eigenvalue weighted by molar-refractivity contribution is 5.10. The predicted octanol–water partition coefficient (Wildman–Crippen LogP) is 3.00. The Morgan fingerprint density at radius 3 is 2.33 bits per heavy atom. The molecular formula is C9H16. The topological polar surface area (TPSA) is 0 Å². The zero-order valence-corrected chi connectivity index (χ0v) is 6.65. The Balaban J connectivity index is 2.62. The molecule has 1 aliphatic rings. The zero-order chi connectivity index (χ0) is 6.85. The molecule has 0 radical (unpaired) electrons. The summed E-state index contributed by atoms with van der Waals surface area (Å²) in [6.07, 6.45) is 5.04. The fraction of sp³-hybridized carbons (Fsp3) is 0.778. The average Bonchev–Trinajstić information content (AvgIpc) is 2.15. The standard InChI is InChI=1S/C9H16/c1-4-9-6-5-7(2)8(9)3/h4,7-8H,5-6H2,1-3H3/b9-4-/t7?,8-/m0/s1. The Bertz CT molecular complexity index is 122. The highest BCUT2D eigenvalue weighted by Crippen LogP contribution is 2.35. The maximum Gasteiger partial charge on any atom is -0.0206 e. The Morgan fingerprint density at radius 1 is 1.44 bits per heavy atom. The van der Waals surface area contributed by atoms with Crippen LogP contribution < -0.4 is 0 Å². The lowest BCUT2D eigenvalue weighted by Crippen LogP contribution is -1.98. The molecular weight excluding hydrogens is 108 g/mol. The van der Waals surface area contributed by atoms with E-state index in [2.05, 4.69) is 26.8 Å². The SMILES string of the molecule is C/C=C1/CCC(C)[C@@H]1C. The number of rotatable bonds is 0. The molecule has 0 aliphatic heterocycles. The van der Waals surface area contributed by atoms with Crippen molar-refractivity contribution in [3.63, 3.8) is 0 Å². The quantitative estimate of drug-likeness (QED) is 0.435. The molecule has 0 heteroatoms. The van der Waals surface area contributed by atoms with Gasteiger partial charge in [-0.1, -0.05) is 25.5 Å². The van der Waals surface area contributed by atoms with E-state index in [1.54, 1.807) is 5.57 Å².